The predicted molar refractivity (Wildman–Crippen MR) is 248 cm³/mol. The summed E-state index contributed by atoms with van der Waals surface area (Å²) in [6, 6.07) is -5.17. The van der Waals surface area contributed by atoms with Crippen molar-refractivity contribution in [2.45, 2.75) is 192 Å². The van der Waals surface area contributed by atoms with Gasteiger partial charge in [0, 0.05) is 32.1 Å². The van der Waals surface area contributed by atoms with Crippen molar-refractivity contribution < 1.29 is 86.3 Å². The normalized spacial score (nSPS) is 29.6. The fraction of sp³-hybridized carbons (Fsp3) is 0.864. The first-order chi connectivity index (χ1) is 31.4. The Balaban J connectivity index is 2.19. The largest absolute Gasteiger partial charge is 0.491 e. The number of likely N-dealkylation sites (N-methyl/N-ethyl adjacent to an activating group) is 1. The van der Waals surface area contributed by atoms with Gasteiger partial charge >= 0.3 is 24.4 Å². The Bertz CT molecular complexity index is 1880. The summed E-state index contributed by atoms with van der Waals surface area (Å²) in [7, 11) is -3.13. The molecule has 10 N–H and O–H groups in total. The summed E-state index contributed by atoms with van der Waals surface area (Å²) in [6.45, 7) is 19.4. The van der Waals surface area contributed by atoms with E-state index in [2.05, 4.69) is 26.0 Å². The van der Waals surface area contributed by atoms with Crippen LogP contribution < -0.4 is 26.0 Å². The van der Waals surface area contributed by atoms with Crippen LogP contribution >= 0.6 is 0 Å². The maximum absolute atomic E-state index is 13.9. The van der Waals surface area contributed by atoms with E-state index in [0.29, 0.717) is 0 Å². The van der Waals surface area contributed by atoms with Crippen molar-refractivity contribution in [3.8, 4) is 0 Å². The molecule has 12 atom stereocenters. The number of ether oxygens (including phenoxy) is 7. The molecule has 2 fully saturated rings. The van der Waals surface area contributed by atoms with Crippen molar-refractivity contribution in [1.29, 1.82) is 0 Å². The highest BCUT2D eigenvalue weighted by molar-refractivity contribution is 7.89. The third-order valence-electron chi connectivity index (χ3n) is 10.6. The second-order valence-corrected chi connectivity index (χ2v) is 23.8. The zero-order valence-corrected chi connectivity index (χ0v) is 43.3. The Kier molecular flexibility index (Phi) is 20.4. The van der Waals surface area contributed by atoms with Crippen molar-refractivity contribution in [2.75, 3.05) is 45.6 Å². The summed E-state index contributed by atoms with van der Waals surface area (Å²) in [6.07, 6.45) is -11.9. The molecule has 1 saturated carbocycles. The van der Waals surface area contributed by atoms with Crippen LogP contribution in [0.2, 0.25) is 0 Å². The van der Waals surface area contributed by atoms with Gasteiger partial charge in [0.1, 0.15) is 52.1 Å². The minimum Gasteiger partial charge on any atom is -0.491 e. The number of carbonyl (C=O) groups excluding carboxylic acids is 4. The zero-order chi connectivity index (χ0) is 52.7. The summed E-state index contributed by atoms with van der Waals surface area (Å²) in [5, 5.41) is 66.5. The number of alkyl carbamates (subject to hydrolysis) is 3. The van der Waals surface area contributed by atoms with Crippen LogP contribution in [0.1, 0.15) is 103 Å². The molecule has 3 rings (SSSR count). The van der Waals surface area contributed by atoms with Crippen LogP contribution in [0.5, 0.6) is 0 Å². The van der Waals surface area contributed by atoms with Gasteiger partial charge in [-0.15, -0.1) is 0 Å². The number of sulfonamides is 1. The molecule has 1 saturated heterocycles. The van der Waals surface area contributed by atoms with E-state index in [4.69, 9.17) is 33.2 Å². The maximum atomic E-state index is 13.9. The predicted octanol–water partition coefficient (Wildman–Crippen LogP) is 0.671. The molecule has 2 aliphatic heterocycles. The van der Waals surface area contributed by atoms with E-state index in [0.717, 1.165) is 4.90 Å². The SMILES string of the molecule is CN(C(=O)OC(C)(C)C)[C@@H]1[C@@H](O)[C@@H](O[C@H]2[C@H](NS(=O)(=O)CCNC(=O)OC(C)(C)C)C[C@H](NC(=O)OC(C)(C)C)C([C@H]3OC(CNCC(O)CO)=CC[C@H]3NC(=O)OC(C)(C)C)[C@@H]2O)OC[C@]1(C)O. The van der Waals surface area contributed by atoms with Gasteiger partial charge in [0.05, 0.1) is 55.8 Å². The van der Waals surface area contributed by atoms with Gasteiger partial charge in [-0.05, 0) is 109 Å². The Morgan fingerprint density at radius 1 is 0.841 bits per heavy atom. The summed E-state index contributed by atoms with van der Waals surface area (Å²) in [5.74, 6) is -1.75. The number of hydrogen-bond donors (Lipinski definition) is 10. The Labute approximate surface area is 405 Å². The highest BCUT2D eigenvalue weighted by Crippen LogP contribution is 2.39. The van der Waals surface area contributed by atoms with Crippen molar-refractivity contribution >= 4 is 34.4 Å². The number of amides is 4. The van der Waals surface area contributed by atoms with Gasteiger partial charge in [0.25, 0.3) is 0 Å². The lowest BCUT2D eigenvalue weighted by atomic mass is 9.72. The average Bonchev–Trinajstić information content (AvgIpc) is 3.14. The van der Waals surface area contributed by atoms with Crippen LogP contribution in [0.3, 0.4) is 0 Å². The molecule has 0 aromatic carbocycles. The monoisotopic (exact) mass is 1010 g/mol. The molecule has 0 aromatic rings. The van der Waals surface area contributed by atoms with Gasteiger partial charge in [-0.25, -0.2) is 32.3 Å². The van der Waals surface area contributed by atoms with Gasteiger partial charge in [-0.1, -0.05) is 0 Å². The van der Waals surface area contributed by atoms with Gasteiger partial charge in [0.2, 0.25) is 10.0 Å². The maximum Gasteiger partial charge on any atom is 0.410 e. The highest BCUT2D eigenvalue weighted by Gasteiger charge is 2.57. The van der Waals surface area contributed by atoms with Gasteiger partial charge in [0.15, 0.2) is 6.29 Å². The number of nitrogens with one attached hydrogen (secondary N) is 5. The summed E-state index contributed by atoms with van der Waals surface area (Å²) in [5.41, 5.74) is -5.71. The van der Waals surface area contributed by atoms with Crippen molar-refractivity contribution in [3.63, 3.8) is 0 Å². The topological polar surface area (TPSA) is 332 Å². The van der Waals surface area contributed by atoms with Crippen molar-refractivity contribution in [1.82, 2.24) is 30.9 Å². The van der Waals surface area contributed by atoms with E-state index in [1.807, 2.05) is 0 Å². The van der Waals surface area contributed by atoms with E-state index >= 15 is 0 Å². The van der Waals surface area contributed by atoms with Gasteiger partial charge < -0.3 is 84.9 Å². The number of hydrogen-bond acceptors (Lipinski definition) is 19. The van der Waals surface area contributed by atoms with Crippen LogP contribution in [-0.4, -0.2) is 198 Å². The number of nitrogens with zero attached hydrogens (tertiary/aromatic N) is 1. The van der Waals surface area contributed by atoms with Crippen molar-refractivity contribution in [2.24, 2.45) is 5.92 Å². The minimum absolute atomic E-state index is 0.00599. The minimum atomic E-state index is -4.43. The lowest BCUT2D eigenvalue weighted by molar-refractivity contribution is -0.305. The second kappa shape index (κ2) is 23.6. The lowest BCUT2D eigenvalue weighted by Crippen LogP contribution is -2.71. The molecule has 4 amide bonds. The van der Waals surface area contributed by atoms with E-state index in [-0.39, 0.29) is 31.7 Å². The number of rotatable bonds is 16. The molecule has 0 radical (unpaired) electrons. The van der Waals surface area contributed by atoms with Crippen LogP contribution in [0.25, 0.3) is 0 Å². The zero-order valence-electron chi connectivity index (χ0n) is 42.5. The second-order valence-electron chi connectivity index (χ2n) is 21.9. The smallest absolute Gasteiger partial charge is 0.410 e. The molecule has 25 heteroatoms. The molecule has 24 nitrogen and oxygen atoms in total. The lowest BCUT2D eigenvalue weighted by Gasteiger charge is -2.52. The molecule has 0 bridgehead atoms. The quantitative estimate of drug-likeness (QED) is 0.0950. The first-order valence-corrected chi connectivity index (χ1v) is 24.7. The van der Waals surface area contributed by atoms with Crippen LogP contribution in [0.15, 0.2) is 11.8 Å². The molecule has 3 aliphatic rings. The van der Waals surface area contributed by atoms with E-state index in [1.165, 1.54) is 14.0 Å². The molecular weight excluding hydrogens is 933 g/mol. The van der Waals surface area contributed by atoms with E-state index < -0.39 is 155 Å². The van der Waals surface area contributed by atoms with Crippen LogP contribution in [0, 0.1) is 5.92 Å². The standard InChI is InChI=1S/C44H80N6O18S/c1-40(2,3)65-36(55)46-17-18-69(60,61)49-28-19-27(48-38(57)67-42(7,8)9)29(32-26(47-37(56)66-41(4,5)6)16-15-25(63-32)21-45-20-24(52)22-51)30(53)33(28)64-35-31(54)34(44(13,59)23-62-35)50(14)39(58)68-43(10,11)12/h15,24,26-35,45,49,51-54,59H,16-23H2,1-14H3,(H,46,55)(H,47,56)(H,48,57)/t24?,26-,27+,28-,29?,30+,31-,32+,33+,34-,35-,44+/m1/s1. The Morgan fingerprint density at radius 3 is 1.91 bits per heavy atom. The van der Waals surface area contributed by atoms with Crippen LogP contribution in [-0.2, 0) is 43.2 Å². The summed E-state index contributed by atoms with van der Waals surface area (Å²) in [4.78, 5) is 53.8. The molecule has 69 heavy (non-hydrogen) atoms. The number of aliphatic hydroxyl groups is 5. The highest BCUT2D eigenvalue weighted by atomic mass is 32.2. The molecule has 2 unspecified atom stereocenters. The van der Waals surface area contributed by atoms with E-state index in [1.54, 1.807) is 89.2 Å². The third-order valence-corrected chi connectivity index (χ3v) is 12.0. The third kappa shape index (κ3) is 19.4. The molecule has 400 valence electrons. The number of carbonyl (C=O) groups is 4. The fourth-order valence-electron chi connectivity index (χ4n) is 7.98. The van der Waals surface area contributed by atoms with Crippen LogP contribution in [0.4, 0.5) is 19.2 Å². The summed E-state index contributed by atoms with van der Waals surface area (Å²) >= 11 is 0. The van der Waals surface area contributed by atoms with Gasteiger partial charge in [-0.3, -0.25) is 0 Å². The van der Waals surface area contributed by atoms with Crippen molar-refractivity contribution in [3.05, 3.63) is 11.8 Å². The Hall–Kier alpha value is -3.79. The Morgan fingerprint density at radius 2 is 1.38 bits per heavy atom. The van der Waals surface area contributed by atoms with E-state index in [9.17, 15) is 53.1 Å². The molecule has 1 aliphatic carbocycles. The molecule has 2 heterocycles. The fourth-order valence-corrected chi connectivity index (χ4v) is 9.16. The number of aliphatic hydroxyl groups excluding tert-OH is 4. The van der Waals surface area contributed by atoms with Gasteiger partial charge in [-0.2, -0.15) is 0 Å². The first-order valence-electron chi connectivity index (χ1n) is 23.0. The summed E-state index contributed by atoms with van der Waals surface area (Å²) < 4.78 is 71.1. The molecule has 0 spiro atoms. The average molecular weight is 1010 g/mol. The first kappa shape index (κ1) is 59.5. The molecular formula is C44H80N6O18S. The molecule has 0 aromatic heterocycles.